The van der Waals surface area contributed by atoms with Crippen LogP contribution in [0.15, 0.2) is 6.58 Å². The van der Waals surface area contributed by atoms with Crippen LogP contribution in [-0.4, -0.2) is 19.9 Å². The third-order valence-electron chi connectivity index (χ3n) is 1.79. The second-order valence-electron chi connectivity index (χ2n) is 2.88. The molecule has 0 unspecified atom stereocenters. The standard InChI is InChI=1S/C9H10N4/c1-4-7-8-9(12-5(2)10-7)13-6(3)11-8/h4H,1H2,2-3H3,(H,10,11,12,13). The zero-order chi connectivity index (χ0) is 9.42. The molecular weight excluding hydrogens is 164 g/mol. The quantitative estimate of drug-likeness (QED) is 0.714. The number of aryl methyl sites for hydroxylation is 2. The van der Waals surface area contributed by atoms with Gasteiger partial charge < -0.3 is 4.98 Å². The van der Waals surface area contributed by atoms with Crippen molar-refractivity contribution in [2.24, 2.45) is 0 Å². The Bertz CT molecular complexity index is 470. The van der Waals surface area contributed by atoms with Crippen LogP contribution in [0, 0.1) is 13.8 Å². The van der Waals surface area contributed by atoms with Crippen molar-refractivity contribution >= 4 is 17.2 Å². The summed E-state index contributed by atoms with van der Waals surface area (Å²) < 4.78 is 0. The number of rotatable bonds is 1. The number of hydrogen-bond acceptors (Lipinski definition) is 3. The smallest absolute Gasteiger partial charge is 0.161 e. The van der Waals surface area contributed by atoms with E-state index in [1.165, 1.54) is 0 Å². The van der Waals surface area contributed by atoms with Gasteiger partial charge in [0.2, 0.25) is 0 Å². The molecule has 2 aromatic rings. The molecule has 4 heteroatoms. The Hall–Kier alpha value is -1.71. The lowest BCUT2D eigenvalue weighted by atomic mass is 10.3. The number of fused-ring (bicyclic) bond motifs is 1. The van der Waals surface area contributed by atoms with E-state index in [0.717, 1.165) is 28.5 Å². The molecule has 0 saturated heterocycles. The van der Waals surface area contributed by atoms with E-state index in [1.54, 1.807) is 6.08 Å². The molecule has 0 aliphatic carbocycles. The van der Waals surface area contributed by atoms with Crippen molar-refractivity contribution in [3.05, 3.63) is 23.9 Å². The highest BCUT2D eigenvalue weighted by Gasteiger charge is 2.06. The van der Waals surface area contributed by atoms with Gasteiger partial charge in [-0.25, -0.2) is 15.0 Å². The Balaban J connectivity index is 2.88. The average Bonchev–Trinajstić information content (AvgIpc) is 2.43. The predicted octanol–water partition coefficient (Wildman–Crippen LogP) is 1.61. The number of aromatic amines is 1. The number of nitrogens with zero attached hydrogens (tertiary/aromatic N) is 3. The summed E-state index contributed by atoms with van der Waals surface area (Å²) in [5.41, 5.74) is 2.35. The van der Waals surface area contributed by atoms with Gasteiger partial charge >= 0.3 is 0 Å². The van der Waals surface area contributed by atoms with E-state index in [1.807, 2.05) is 13.8 Å². The van der Waals surface area contributed by atoms with Gasteiger partial charge in [-0.05, 0) is 19.9 Å². The topological polar surface area (TPSA) is 54.5 Å². The van der Waals surface area contributed by atoms with Crippen molar-refractivity contribution in [1.29, 1.82) is 0 Å². The summed E-state index contributed by atoms with van der Waals surface area (Å²) in [6.45, 7) is 7.43. The van der Waals surface area contributed by atoms with E-state index < -0.39 is 0 Å². The molecule has 2 aromatic heterocycles. The van der Waals surface area contributed by atoms with Crippen molar-refractivity contribution in [1.82, 2.24) is 19.9 Å². The van der Waals surface area contributed by atoms with Crippen LogP contribution in [0.5, 0.6) is 0 Å². The van der Waals surface area contributed by atoms with E-state index in [-0.39, 0.29) is 0 Å². The number of hydrogen-bond donors (Lipinski definition) is 1. The first-order valence-electron chi connectivity index (χ1n) is 4.04. The molecule has 0 aromatic carbocycles. The molecule has 1 N–H and O–H groups in total. The van der Waals surface area contributed by atoms with Crippen LogP contribution in [0.3, 0.4) is 0 Å². The molecule has 0 aliphatic rings. The van der Waals surface area contributed by atoms with Crippen LogP contribution in [-0.2, 0) is 0 Å². The molecule has 0 bridgehead atoms. The molecule has 0 saturated carbocycles. The van der Waals surface area contributed by atoms with Gasteiger partial charge in [-0.15, -0.1) is 0 Å². The van der Waals surface area contributed by atoms with Crippen LogP contribution in [0.2, 0.25) is 0 Å². The molecule has 2 rings (SSSR count). The van der Waals surface area contributed by atoms with Crippen LogP contribution in [0.4, 0.5) is 0 Å². The summed E-state index contributed by atoms with van der Waals surface area (Å²) in [4.78, 5) is 15.8. The van der Waals surface area contributed by atoms with E-state index in [0.29, 0.717) is 0 Å². The molecule has 0 amide bonds. The molecule has 0 aliphatic heterocycles. The Morgan fingerprint density at radius 1 is 1.23 bits per heavy atom. The Morgan fingerprint density at radius 3 is 2.69 bits per heavy atom. The fourth-order valence-electron chi connectivity index (χ4n) is 1.30. The highest BCUT2D eigenvalue weighted by molar-refractivity contribution is 5.79. The predicted molar refractivity (Wildman–Crippen MR) is 51.2 cm³/mol. The second-order valence-corrected chi connectivity index (χ2v) is 2.88. The summed E-state index contributed by atoms with van der Waals surface area (Å²) >= 11 is 0. The summed E-state index contributed by atoms with van der Waals surface area (Å²) in [6, 6.07) is 0. The van der Waals surface area contributed by atoms with Gasteiger partial charge in [-0.3, -0.25) is 0 Å². The molecule has 13 heavy (non-hydrogen) atoms. The van der Waals surface area contributed by atoms with Crippen molar-refractivity contribution in [2.45, 2.75) is 13.8 Å². The largest absolute Gasteiger partial charge is 0.327 e. The Kier molecular flexibility index (Phi) is 1.62. The number of imidazole rings is 1. The van der Waals surface area contributed by atoms with Crippen molar-refractivity contribution in [2.75, 3.05) is 0 Å². The minimum absolute atomic E-state index is 0.728. The number of H-pyrrole nitrogens is 1. The van der Waals surface area contributed by atoms with Crippen molar-refractivity contribution in [3.8, 4) is 0 Å². The minimum Gasteiger partial charge on any atom is -0.327 e. The third-order valence-corrected chi connectivity index (χ3v) is 1.79. The maximum atomic E-state index is 4.27. The molecule has 66 valence electrons. The maximum absolute atomic E-state index is 4.27. The first-order valence-corrected chi connectivity index (χ1v) is 4.04. The van der Waals surface area contributed by atoms with Gasteiger partial charge in [0.25, 0.3) is 0 Å². The van der Waals surface area contributed by atoms with Crippen molar-refractivity contribution in [3.63, 3.8) is 0 Å². The third kappa shape index (κ3) is 1.20. The lowest BCUT2D eigenvalue weighted by Gasteiger charge is -1.95. The van der Waals surface area contributed by atoms with Gasteiger partial charge in [0.05, 0.1) is 5.69 Å². The monoisotopic (exact) mass is 174 g/mol. The minimum atomic E-state index is 0.728. The number of nitrogens with one attached hydrogen (secondary N) is 1. The lowest BCUT2D eigenvalue weighted by molar-refractivity contribution is 1.07. The van der Waals surface area contributed by atoms with E-state index in [9.17, 15) is 0 Å². The van der Waals surface area contributed by atoms with Gasteiger partial charge in [0.1, 0.15) is 17.2 Å². The van der Waals surface area contributed by atoms with Crippen LogP contribution >= 0.6 is 0 Å². The van der Waals surface area contributed by atoms with E-state index in [2.05, 4.69) is 26.5 Å². The lowest BCUT2D eigenvalue weighted by Crippen LogP contribution is -1.92. The van der Waals surface area contributed by atoms with Crippen LogP contribution < -0.4 is 0 Å². The molecule has 2 heterocycles. The Morgan fingerprint density at radius 2 is 2.00 bits per heavy atom. The molecule has 0 radical (unpaired) electrons. The highest BCUT2D eigenvalue weighted by Crippen LogP contribution is 2.13. The van der Waals surface area contributed by atoms with Crippen LogP contribution in [0.1, 0.15) is 17.3 Å². The van der Waals surface area contributed by atoms with Gasteiger partial charge in [-0.1, -0.05) is 6.58 Å². The summed E-state index contributed by atoms with van der Waals surface area (Å²) in [5.74, 6) is 1.57. The highest BCUT2D eigenvalue weighted by atomic mass is 15.0. The second kappa shape index (κ2) is 2.65. The molecule has 4 nitrogen and oxygen atoms in total. The van der Waals surface area contributed by atoms with Crippen molar-refractivity contribution < 1.29 is 0 Å². The maximum Gasteiger partial charge on any atom is 0.161 e. The van der Waals surface area contributed by atoms with E-state index >= 15 is 0 Å². The average molecular weight is 174 g/mol. The number of aromatic nitrogens is 4. The molecule has 0 spiro atoms. The first-order chi connectivity index (χ1) is 6.20. The Labute approximate surface area is 75.8 Å². The fraction of sp³-hybridized carbons (Fsp3) is 0.222. The molecule has 0 fully saturated rings. The van der Waals surface area contributed by atoms with Crippen LogP contribution in [0.25, 0.3) is 17.2 Å². The normalized spacial score (nSPS) is 10.6. The summed E-state index contributed by atoms with van der Waals surface area (Å²) in [5, 5.41) is 0. The fourth-order valence-corrected chi connectivity index (χ4v) is 1.30. The zero-order valence-electron chi connectivity index (χ0n) is 7.63. The molecule has 0 atom stereocenters. The van der Waals surface area contributed by atoms with Gasteiger partial charge in [0.15, 0.2) is 5.65 Å². The SMILES string of the molecule is C=Cc1nc(C)nc2[nH]c(C)nc12. The van der Waals surface area contributed by atoms with Gasteiger partial charge in [0, 0.05) is 0 Å². The first kappa shape index (κ1) is 7.91. The summed E-state index contributed by atoms with van der Waals surface area (Å²) in [7, 11) is 0. The van der Waals surface area contributed by atoms with Gasteiger partial charge in [-0.2, -0.15) is 0 Å². The summed E-state index contributed by atoms with van der Waals surface area (Å²) in [6.07, 6.45) is 1.69. The van der Waals surface area contributed by atoms with E-state index in [4.69, 9.17) is 0 Å². The molecular formula is C9H10N4. The zero-order valence-corrected chi connectivity index (χ0v) is 7.63.